The molecule has 1 aromatic carbocycles. The van der Waals surface area contributed by atoms with Gasteiger partial charge in [0.2, 0.25) is 0 Å². The van der Waals surface area contributed by atoms with Crippen molar-refractivity contribution in [3.05, 3.63) is 29.8 Å². The standard InChI is InChI=1S/C10H7N3/c11-5-8-3-1-2-4-10(8)13-7-9(13)6-12/h1-4,9H,7H2. The smallest absolute Gasteiger partial charge is 0.134 e. The average Bonchev–Trinajstić information content (AvgIpc) is 2.96. The van der Waals surface area contributed by atoms with Crippen molar-refractivity contribution in [2.45, 2.75) is 6.04 Å². The van der Waals surface area contributed by atoms with E-state index in [0.29, 0.717) is 5.56 Å². The van der Waals surface area contributed by atoms with Crippen LogP contribution < -0.4 is 4.90 Å². The number of para-hydroxylation sites is 1. The number of nitrogens with zero attached hydrogens (tertiary/aromatic N) is 3. The fraction of sp³-hybridized carbons (Fsp3) is 0.200. The second-order valence-corrected chi connectivity index (χ2v) is 2.93. The predicted octanol–water partition coefficient (Wildman–Crippen LogP) is 1.27. The van der Waals surface area contributed by atoms with E-state index in [4.69, 9.17) is 10.5 Å². The van der Waals surface area contributed by atoms with Crippen molar-refractivity contribution in [1.82, 2.24) is 0 Å². The SMILES string of the molecule is N#Cc1ccccc1N1CC1C#N. The summed E-state index contributed by atoms with van der Waals surface area (Å²) in [6, 6.07) is 11.6. The molecule has 1 aliphatic heterocycles. The first-order valence-corrected chi connectivity index (χ1v) is 4.02. The summed E-state index contributed by atoms with van der Waals surface area (Å²) in [7, 11) is 0. The minimum atomic E-state index is -0.0329. The molecule has 0 spiro atoms. The molecule has 1 unspecified atom stereocenters. The number of nitriles is 2. The molecule has 1 fully saturated rings. The van der Waals surface area contributed by atoms with Gasteiger partial charge in [-0.05, 0) is 12.1 Å². The highest BCUT2D eigenvalue weighted by Gasteiger charge is 2.35. The van der Waals surface area contributed by atoms with E-state index in [1.807, 2.05) is 23.1 Å². The van der Waals surface area contributed by atoms with Crippen LogP contribution in [0.5, 0.6) is 0 Å². The molecular formula is C10H7N3. The highest BCUT2D eigenvalue weighted by Crippen LogP contribution is 2.29. The molecule has 1 saturated heterocycles. The lowest BCUT2D eigenvalue weighted by Gasteiger charge is -2.03. The topological polar surface area (TPSA) is 50.6 Å². The molecule has 2 rings (SSSR count). The van der Waals surface area contributed by atoms with Crippen LogP contribution in [0.3, 0.4) is 0 Å². The van der Waals surface area contributed by atoms with Crippen LogP contribution in [0.4, 0.5) is 5.69 Å². The Hall–Kier alpha value is -2.00. The number of hydrogen-bond donors (Lipinski definition) is 0. The highest BCUT2D eigenvalue weighted by molar-refractivity contribution is 5.65. The molecule has 1 heterocycles. The Kier molecular flexibility index (Phi) is 1.65. The molecule has 62 valence electrons. The second-order valence-electron chi connectivity index (χ2n) is 2.93. The summed E-state index contributed by atoms with van der Waals surface area (Å²) >= 11 is 0. The Balaban J connectivity index is 2.33. The molecule has 1 atom stereocenters. The maximum atomic E-state index is 8.79. The van der Waals surface area contributed by atoms with Crippen LogP contribution in [-0.2, 0) is 0 Å². The zero-order valence-corrected chi connectivity index (χ0v) is 6.94. The first-order chi connectivity index (χ1) is 6.36. The van der Waals surface area contributed by atoms with Crippen molar-refractivity contribution in [3.63, 3.8) is 0 Å². The van der Waals surface area contributed by atoms with Crippen molar-refractivity contribution in [1.29, 1.82) is 10.5 Å². The van der Waals surface area contributed by atoms with Crippen molar-refractivity contribution in [2.24, 2.45) is 0 Å². The fourth-order valence-corrected chi connectivity index (χ4v) is 1.33. The molecule has 3 nitrogen and oxygen atoms in total. The Bertz CT molecular complexity index is 411. The van der Waals surface area contributed by atoms with Gasteiger partial charge in [-0.1, -0.05) is 12.1 Å². The van der Waals surface area contributed by atoms with Crippen LogP contribution in [0.2, 0.25) is 0 Å². The molecule has 0 amide bonds. The zero-order chi connectivity index (χ0) is 9.26. The normalized spacial score (nSPS) is 18.9. The van der Waals surface area contributed by atoms with Crippen LogP contribution in [0.15, 0.2) is 24.3 Å². The lowest BCUT2D eigenvalue weighted by molar-refractivity contribution is 1.25. The van der Waals surface area contributed by atoms with Gasteiger partial charge >= 0.3 is 0 Å². The maximum Gasteiger partial charge on any atom is 0.134 e. The summed E-state index contributed by atoms with van der Waals surface area (Å²) in [5.41, 5.74) is 1.51. The molecule has 0 bridgehead atoms. The van der Waals surface area contributed by atoms with Crippen molar-refractivity contribution in [2.75, 3.05) is 11.4 Å². The van der Waals surface area contributed by atoms with Gasteiger partial charge in [0, 0.05) is 0 Å². The van der Waals surface area contributed by atoms with Gasteiger partial charge in [0.05, 0.1) is 23.9 Å². The van der Waals surface area contributed by atoms with Gasteiger partial charge in [-0.3, -0.25) is 0 Å². The number of anilines is 1. The second kappa shape index (κ2) is 2.80. The Morgan fingerprint density at radius 1 is 1.31 bits per heavy atom. The molecule has 0 saturated carbocycles. The van der Waals surface area contributed by atoms with Gasteiger partial charge in [0.1, 0.15) is 12.1 Å². The third kappa shape index (κ3) is 1.21. The first kappa shape index (κ1) is 7.64. The van der Waals surface area contributed by atoms with Gasteiger partial charge in [-0.15, -0.1) is 0 Å². The summed E-state index contributed by atoms with van der Waals surface area (Å²) in [6.07, 6.45) is 0. The van der Waals surface area contributed by atoms with E-state index >= 15 is 0 Å². The summed E-state index contributed by atoms with van der Waals surface area (Å²) < 4.78 is 0. The van der Waals surface area contributed by atoms with E-state index in [-0.39, 0.29) is 6.04 Å². The van der Waals surface area contributed by atoms with E-state index < -0.39 is 0 Å². The van der Waals surface area contributed by atoms with E-state index in [2.05, 4.69) is 12.1 Å². The van der Waals surface area contributed by atoms with Crippen LogP contribution in [0.1, 0.15) is 5.56 Å². The van der Waals surface area contributed by atoms with Gasteiger partial charge in [-0.2, -0.15) is 10.5 Å². The minimum Gasteiger partial charge on any atom is -0.350 e. The van der Waals surface area contributed by atoms with Gasteiger partial charge in [0.25, 0.3) is 0 Å². The summed E-state index contributed by atoms with van der Waals surface area (Å²) in [5, 5.41) is 17.4. The number of hydrogen-bond acceptors (Lipinski definition) is 3. The van der Waals surface area contributed by atoms with Crippen LogP contribution in [0, 0.1) is 22.7 Å². The Morgan fingerprint density at radius 2 is 2.08 bits per heavy atom. The lowest BCUT2D eigenvalue weighted by atomic mass is 10.2. The largest absolute Gasteiger partial charge is 0.350 e. The third-order valence-electron chi connectivity index (χ3n) is 2.10. The van der Waals surface area contributed by atoms with E-state index in [9.17, 15) is 0 Å². The van der Waals surface area contributed by atoms with Gasteiger partial charge < -0.3 is 4.90 Å². The molecule has 0 aliphatic carbocycles. The van der Waals surface area contributed by atoms with Crippen LogP contribution in [0.25, 0.3) is 0 Å². The number of rotatable bonds is 1. The summed E-state index contributed by atoms with van der Waals surface area (Å²) in [4.78, 5) is 1.92. The molecule has 0 radical (unpaired) electrons. The molecular weight excluding hydrogens is 162 g/mol. The Morgan fingerprint density at radius 3 is 2.69 bits per heavy atom. The van der Waals surface area contributed by atoms with Gasteiger partial charge in [0.15, 0.2) is 0 Å². The van der Waals surface area contributed by atoms with E-state index in [1.54, 1.807) is 6.07 Å². The zero-order valence-electron chi connectivity index (χ0n) is 6.94. The summed E-state index contributed by atoms with van der Waals surface area (Å²) in [6.45, 7) is 0.745. The van der Waals surface area contributed by atoms with Gasteiger partial charge in [-0.25, -0.2) is 0 Å². The lowest BCUT2D eigenvalue weighted by Crippen LogP contribution is -1.98. The molecule has 1 aliphatic rings. The minimum absolute atomic E-state index is 0.0329. The highest BCUT2D eigenvalue weighted by atomic mass is 15.3. The Labute approximate surface area is 76.4 Å². The van der Waals surface area contributed by atoms with Crippen LogP contribution in [-0.4, -0.2) is 12.6 Å². The van der Waals surface area contributed by atoms with Crippen molar-refractivity contribution in [3.8, 4) is 12.1 Å². The third-order valence-corrected chi connectivity index (χ3v) is 2.10. The molecule has 0 N–H and O–H groups in total. The van der Waals surface area contributed by atoms with Crippen LogP contribution >= 0.6 is 0 Å². The number of benzene rings is 1. The van der Waals surface area contributed by atoms with E-state index in [1.165, 1.54) is 0 Å². The predicted molar refractivity (Wildman–Crippen MR) is 47.9 cm³/mol. The molecule has 0 aromatic heterocycles. The van der Waals surface area contributed by atoms with Crippen molar-refractivity contribution >= 4 is 5.69 Å². The fourth-order valence-electron chi connectivity index (χ4n) is 1.33. The quantitative estimate of drug-likeness (QED) is 0.595. The van der Waals surface area contributed by atoms with E-state index in [0.717, 1.165) is 12.2 Å². The van der Waals surface area contributed by atoms with Crippen molar-refractivity contribution < 1.29 is 0 Å². The average molecular weight is 169 g/mol. The molecule has 1 aromatic rings. The monoisotopic (exact) mass is 169 g/mol. The maximum absolute atomic E-state index is 8.79. The first-order valence-electron chi connectivity index (χ1n) is 4.02. The molecule has 13 heavy (non-hydrogen) atoms. The molecule has 3 heteroatoms. The summed E-state index contributed by atoms with van der Waals surface area (Å²) in [5.74, 6) is 0.